The highest BCUT2D eigenvalue weighted by atomic mass is 35.5. The van der Waals surface area contributed by atoms with E-state index in [9.17, 15) is 18.5 Å². The Morgan fingerprint density at radius 1 is 1.48 bits per heavy atom. The second-order valence-corrected chi connectivity index (χ2v) is 7.16. The first kappa shape index (κ1) is 15.2. The number of nitro groups is 1. The SMILES string of the molecule is N#Cc1ccc(NS(=O)(=O)c2cnc(Cl)s2)c([N+](=O)[O-])c1. The molecule has 1 heterocycles. The Kier molecular flexibility index (Phi) is 4.08. The first-order valence-corrected chi connectivity index (χ1v) is 7.84. The number of aromatic nitrogens is 1. The van der Waals surface area contributed by atoms with Crippen molar-refractivity contribution in [2.24, 2.45) is 0 Å². The summed E-state index contributed by atoms with van der Waals surface area (Å²) in [6, 6.07) is 5.14. The first-order chi connectivity index (χ1) is 9.83. The Hall–Kier alpha value is -2.22. The lowest BCUT2D eigenvalue weighted by atomic mass is 10.2. The van der Waals surface area contributed by atoms with Gasteiger partial charge in [0, 0.05) is 6.07 Å². The molecule has 0 radical (unpaired) electrons. The van der Waals surface area contributed by atoms with E-state index in [1.54, 1.807) is 6.07 Å². The van der Waals surface area contributed by atoms with Gasteiger partial charge < -0.3 is 0 Å². The van der Waals surface area contributed by atoms with Crippen LogP contribution in [-0.2, 0) is 10.0 Å². The Balaban J connectivity index is 2.44. The summed E-state index contributed by atoms with van der Waals surface area (Å²) in [6.07, 6.45) is 1.05. The van der Waals surface area contributed by atoms with E-state index in [4.69, 9.17) is 16.9 Å². The minimum Gasteiger partial charge on any atom is -0.272 e. The van der Waals surface area contributed by atoms with Crippen molar-refractivity contribution in [2.45, 2.75) is 4.21 Å². The molecule has 0 aliphatic heterocycles. The Morgan fingerprint density at radius 2 is 2.19 bits per heavy atom. The largest absolute Gasteiger partial charge is 0.294 e. The molecular weight excluding hydrogens is 340 g/mol. The number of nitrogens with one attached hydrogen (secondary N) is 1. The molecule has 0 atom stereocenters. The lowest BCUT2D eigenvalue weighted by Crippen LogP contribution is -2.12. The van der Waals surface area contributed by atoms with Crippen molar-refractivity contribution in [2.75, 3.05) is 4.72 Å². The molecule has 0 spiro atoms. The number of hydrogen-bond donors (Lipinski definition) is 1. The van der Waals surface area contributed by atoms with Gasteiger partial charge in [-0.1, -0.05) is 22.9 Å². The lowest BCUT2D eigenvalue weighted by molar-refractivity contribution is -0.383. The highest BCUT2D eigenvalue weighted by molar-refractivity contribution is 7.94. The maximum absolute atomic E-state index is 12.1. The first-order valence-electron chi connectivity index (χ1n) is 5.16. The molecule has 21 heavy (non-hydrogen) atoms. The molecule has 108 valence electrons. The molecule has 11 heteroatoms. The second kappa shape index (κ2) is 5.65. The van der Waals surface area contributed by atoms with Crippen molar-refractivity contribution in [1.82, 2.24) is 4.98 Å². The van der Waals surface area contributed by atoms with Crippen molar-refractivity contribution < 1.29 is 13.3 Å². The topological polar surface area (TPSA) is 126 Å². The van der Waals surface area contributed by atoms with Crippen molar-refractivity contribution in [1.29, 1.82) is 5.26 Å². The van der Waals surface area contributed by atoms with Crippen LogP contribution in [0.1, 0.15) is 5.56 Å². The molecule has 1 aromatic heterocycles. The molecule has 0 aliphatic rings. The molecular formula is C10H5ClN4O4S2. The van der Waals surface area contributed by atoms with Crippen LogP contribution in [0, 0.1) is 21.4 Å². The highest BCUT2D eigenvalue weighted by Crippen LogP contribution is 2.30. The summed E-state index contributed by atoms with van der Waals surface area (Å²) in [4.78, 5) is 13.8. The number of hydrogen-bond acceptors (Lipinski definition) is 7. The van der Waals surface area contributed by atoms with Gasteiger partial charge in [-0.15, -0.1) is 0 Å². The summed E-state index contributed by atoms with van der Waals surface area (Å²) in [5.41, 5.74) is -0.720. The molecule has 0 saturated carbocycles. The molecule has 0 fully saturated rings. The number of benzene rings is 1. The maximum atomic E-state index is 12.1. The van der Waals surface area contributed by atoms with Crippen molar-refractivity contribution in [3.05, 3.63) is 44.5 Å². The molecule has 1 aromatic carbocycles. The quantitative estimate of drug-likeness (QED) is 0.670. The van der Waals surface area contributed by atoms with E-state index in [2.05, 4.69) is 9.71 Å². The Morgan fingerprint density at radius 3 is 2.71 bits per heavy atom. The summed E-state index contributed by atoms with van der Waals surface area (Å²) in [5, 5.41) is 19.7. The minimum absolute atomic E-state index is 0.0321. The van der Waals surface area contributed by atoms with Gasteiger partial charge in [0.25, 0.3) is 15.7 Å². The van der Waals surface area contributed by atoms with Crippen LogP contribution in [0.3, 0.4) is 0 Å². The average Bonchev–Trinajstić information content (AvgIpc) is 2.86. The molecule has 2 aromatic rings. The fourth-order valence-electron chi connectivity index (χ4n) is 1.40. The molecule has 0 amide bonds. The summed E-state index contributed by atoms with van der Waals surface area (Å²) in [7, 11) is -4.03. The van der Waals surface area contributed by atoms with E-state index in [0.717, 1.165) is 29.7 Å². The van der Waals surface area contributed by atoms with E-state index in [1.807, 2.05) is 0 Å². The predicted molar refractivity (Wildman–Crippen MR) is 75.7 cm³/mol. The number of nitriles is 1. The van der Waals surface area contributed by atoms with Gasteiger partial charge in [-0.3, -0.25) is 14.8 Å². The van der Waals surface area contributed by atoms with Gasteiger partial charge in [0.2, 0.25) is 0 Å². The number of halogens is 1. The van der Waals surface area contributed by atoms with Crippen molar-refractivity contribution in [3.63, 3.8) is 0 Å². The summed E-state index contributed by atoms with van der Waals surface area (Å²) < 4.78 is 26.1. The van der Waals surface area contributed by atoms with Crippen molar-refractivity contribution in [3.8, 4) is 6.07 Å². The zero-order valence-corrected chi connectivity index (χ0v) is 12.4. The predicted octanol–water partition coefficient (Wildman–Crippen LogP) is 2.38. The fraction of sp³-hybridized carbons (Fsp3) is 0. The molecule has 2 rings (SSSR count). The Bertz CT molecular complexity index is 856. The van der Waals surface area contributed by atoms with Crippen LogP contribution in [0.25, 0.3) is 0 Å². The monoisotopic (exact) mass is 344 g/mol. The van der Waals surface area contributed by atoms with Crippen LogP contribution in [0.5, 0.6) is 0 Å². The molecule has 0 bridgehead atoms. The van der Waals surface area contributed by atoms with E-state index in [-0.39, 0.29) is 19.9 Å². The van der Waals surface area contributed by atoms with E-state index in [1.165, 1.54) is 6.07 Å². The van der Waals surface area contributed by atoms with E-state index < -0.39 is 20.6 Å². The van der Waals surface area contributed by atoms with Crippen LogP contribution in [0.2, 0.25) is 4.47 Å². The van der Waals surface area contributed by atoms with Gasteiger partial charge in [-0.25, -0.2) is 13.4 Å². The Labute approximate surface area is 127 Å². The summed E-state index contributed by atoms with van der Waals surface area (Å²) in [6.45, 7) is 0. The van der Waals surface area contributed by atoms with E-state index >= 15 is 0 Å². The zero-order valence-electron chi connectivity index (χ0n) is 9.98. The van der Waals surface area contributed by atoms with Crippen LogP contribution < -0.4 is 4.72 Å². The maximum Gasteiger partial charge on any atom is 0.294 e. The smallest absolute Gasteiger partial charge is 0.272 e. The number of nitrogens with zero attached hydrogens (tertiary/aromatic N) is 3. The number of thiazole rings is 1. The number of sulfonamides is 1. The number of rotatable bonds is 4. The normalized spacial score (nSPS) is 10.9. The summed E-state index contributed by atoms with van der Waals surface area (Å²) >= 11 is 6.28. The molecule has 8 nitrogen and oxygen atoms in total. The molecule has 0 saturated heterocycles. The zero-order chi connectivity index (χ0) is 15.6. The van der Waals surface area contributed by atoms with Crippen molar-refractivity contribution >= 4 is 44.3 Å². The van der Waals surface area contributed by atoms with Crippen LogP contribution in [-0.4, -0.2) is 18.3 Å². The van der Waals surface area contributed by atoms with Gasteiger partial charge in [0.1, 0.15) is 5.69 Å². The average molecular weight is 345 g/mol. The lowest BCUT2D eigenvalue weighted by Gasteiger charge is -2.06. The van der Waals surface area contributed by atoms with Gasteiger partial charge in [0.05, 0.1) is 22.8 Å². The highest BCUT2D eigenvalue weighted by Gasteiger charge is 2.23. The fourth-order valence-corrected chi connectivity index (χ4v) is 3.76. The number of nitro benzene ring substituents is 1. The second-order valence-electron chi connectivity index (χ2n) is 3.64. The molecule has 0 aliphatic carbocycles. The van der Waals surface area contributed by atoms with Gasteiger partial charge >= 0.3 is 0 Å². The minimum atomic E-state index is -4.03. The van der Waals surface area contributed by atoms with E-state index in [0.29, 0.717) is 0 Å². The third kappa shape index (κ3) is 3.27. The van der Waals surface area contributed by atoms with Gasteiger partial charge in [0.15, 0.2) is 8.68 Å². The third-order valence-electron chi connectivity index (χ3n) is 2.29. The van der Waals surface area contributed by atoms with Gasteiger partial charge in [-0.05, 0) is 12.1 Å². The summed E-state index contributed by atoms with van der Waals surface area (Å²) in [5.74, 6) is 0. The van der Waals surface area contributed by atoms with Crippen LogP contribution >= 0.6 is 22.9 Å². The van der Waals surface area contributed by atoms with Crippen LogP contribution in [0.4, 0.5) is 11.4 Å². The van der Waals surface area contributed by atoms with Gasteiger partial charge in [-0.2, -0.15) is 5.26 Å². The third-order valence-corrected chi connectivity index (χ3v) is 5.23. The standard InChI is InChI=1S/C10H5ClN4O4S2/c11-10-13-5-9(20-10)21(18,19)14-7-2-1-6(4-12)3-8(7)15(16)17/h1-3,5,14H. The molecule has 1 N–H and O–H groups in total. The number of anilines is 1. The van der Waals surface area contributed by atoms with Crippen LogP contribution in [0.15, 0.2) is 28.6 Å². The molecule has 0 unspecified atom stereocenters.